The highest BCUT2D eigenvalue weighted by molar-refractivity contribution is 5.94. The molecule has 28 heavy (non-hydrogen) atoms. The number of likely N-dealkylation sites (tertiary alicyclic amines) is 1. The van der Waals surface area contributed by atoms with Crippen molar-refractivity contribution in [3.05, 3.63) is 65.8 Å². The Hall–Kier alpha value is -3.47. The Morgan fingerprint density at radius 2 is 2.11 bits per heavy atom. The highest BCUT2D eigenvalue weighted by Crippen LogP contribution is 2.27. The first-order valence-corrected chi connectivity index (χ1v) is 9.29. The minimum absolute atomic E-state index is 0.00463. The van der Waals surface area contributed by atoms with E-state index in [0.717, 1.165) is 31.0 Å². The monoisotopic (exact) mass is 375 g/mol. The Morgan fingerprint density at radius 3 is 2.82 bits per heavy atom. The lowest BCUT2D eigenvalue weighted by Crippen LogP contribution is -2.39. The first-order chi connectivity index (χ1) is 13.7. The Labute approximate surface area is 163 Å². The summed E-state index contributed by atoms with van der Waals surface area (Å²) in [6, 6.07) is 8.87. The third-order valence-corrected chi connectivity index (χ3v) is 5.22. The predicted molar refractivity (Wildman–Crippen MR) is 101 cm³/mol. The molecule has 1 aromatic carbocycles. The van der Waals surface area contributed by atoms with Crippen LogP contribution in [0.25, 0.3) is 0 Å². The first kappa shape index (κ1) is 17.9. The van der Waals surface area contributed by atoms with E-state index >= 15 is 0 Å². The lowest BCUT2D eigenvalue weighted by Gasteiger charge is -2.32. The lowest BCUT2D eigenvalue weighted by atomic mass is 9.96. The van der Waals surface area contributed by atoms with Gasteiger partial charge < -0.3 is 14.0 Å². The Balaban J connectivity index is 1.48. The lowest BCUT2D eigenvalue weighted by molar-refractivity contribution is 0.0703. The molecule has 0 bridgehead atoms. The number of nitriles is 1. The molecule has 1 atom stereocenters. The number of aromatic nitrogens is 5. The van der Waals surface area contributed by atoms with Crippen LogP contribution in [0.2, 0.25) is 0 Å². The smallest absolute Gasteiger partial charge is 0.253 e. The van der Waals surface area contributed by atoms with Gasteiger partial charge in [0.05, 0.1) is 24.5 Å². The number of carbonyl (C=O) groups is 1. The normalized spacial score (nSPS) is 16.7. The van der Waals surface area contributed by atoms with Gasteiger partial charge in [0.25, 0.3) is 5.91 Å². The van der Waals surface area contributed by atoms with E-state index in [0.29, 0.717) is 24.2 Å². The summed E-state index contributed by atoms with van der Waals surface area (Å²) in [5.41, 5.74) is 1.16. The van der Waals surface area contributed by atoms with E-state index in [2.05, 4.69) is 21.3 Å². The Bertz CT molecular complexity index is 998. The SMILES string of the molecule is Cn1c(Cn2ccnc2)nnc1C1CCCN(C(=O)c2ccc(C#N)cc2)C1. The van der Waals surface area contributed by atoms with E-state index < -0.39 is 0 Å². The van der Waals surface area contributed by atoms with Crippen LogP contribution in [-0.4, -0.2) is 48.2 Å². The van der Waals surface area contributed by atoms with Crippen LogP contribution in [0.1, 0.15) is 46.3 Å². The van der Waals surface area contributed by atoms with Gasteiger partial charge in [-0.15, -0.1) is 10.2 Å². The molecule has 8 heteroatoms. The zero-order chi connectivity index (χ0) is 19.5. The standard InChI is InChI=1S/C20H21N7O/c1-25-18(13-26-10-8-22-14-26)23-24-19(25)17-3-2-9-27(12-17)20(28)16-6-4-15(11-21)5-7-16/h4-8,10,14,17H,2-3,9,12-13H2,1H3. The number of nitrogens with zero attached hydrogens (tertiary/aromatic N) is 7. The van der Waals surface area contributed by atoms with Gasteiger partial charge in [0.2, 0.25) is 0 Å². The molecule has 3 aromatic rings. The molecule has 0 spiro atoms. The average molecular weight is 375 g/mol. The molecule has 4 rings (SSSR count). The fourth-order valence-electron chi connectivity index (χ4n) is 3.65. The molecule has 1 aliphatic rings. The van der Waals surface area contributed by atoms with Crippen LogP contribution in [0.3, 0.4) is 0 Å². The summed E-state index contributed by atoms with van der Waals surface area (Å²) in [5.74, 6) is 1.93. The molecule has 3 heterocycles. The maximum Gasteiger partial charge on any atom is 0.253 e. The molecule has 1 amide bonds. The van der Waals surface area contributed by atoms with Crippen molar-refractivity contribution in [3.63, 3.8) is 0 Å². The molecule has 8 nitrogen and oxygen atoms in total. The van der Waals surface area contributed by atoms with Gasteiger partial charge in [-0.25, -0.2) is 4.98 Å². The van der Waals surface area contributed by atoms with Crippen molar-refractivity contribution in [2.24, 2.45) is 7.05 Å². The number of amides is 1. The molecular formula is C20H21N7O. The van der Waals surface area contributed by atoms with E-state index in [1.807, 2.05) is 27.3 Å². The van der Waals surface area contributed by atoms with Crippen molar-refractivity contribution in [1.82, 2.24) is 29.2 Å². The minimum atomic E-state index is -0.00463. The second-order valence-corrected chi connectivity index (χ2v) is 7.05. The molecule has 0 aliphatic carbocycles. The van der Waals surface area contributed by atoms with Crippen LogP contribution in [0.4, 0.5) is 0 Å². The first-order valence-electron chi connectivity index (χ1n) is 9.29. The van der Waals surface area contributed by atoms with Gasteiger partial charge in [-0.2, -0.15) is 5.26 Å². The van der Waals surface area contributed by atoms with Crippen molar-refractivity contribution < 1.29 is 4.79 Å². The van der Waals surface area contributed by atoms with E-state index in [-0.39, 0.29) is 11.8 Å². The largest absolute Gasteiger partial charge is 0.338 e. The van der Waals surface area contributed by atoms with E-state index in [4.69, 9.17) is 5.26 Å². The molecule has 1 saturated heterocycles. The molecule has 0 radical (unpaired) electrons. The summed E-state index contributed by atoms with van der Waals surface area (Å²) in [5, 5.41) is 17.7. The highest BCUT2D eigenvalue weighted by atomic mass is 16.2. The molecule has 0 saturated carbocycles. The van der Waals surface area contributed by atoms with Gasteiger partial charge in [-0.05, 0) is 37.1 Å². The summed E-state index contributed by atoms with van der Waals surface area (Å²) < 4.78 is 3.98. The van der Waals surface area contributed by atoms with Gasteiger partial charge in [0, 0.05) is 44.0 Å². The van der Waals surface area contributed by atoms with Crippen LogP contribution in [-0.2, 0) is 13.6 Å². The minimum Gasteiger partial charge on any atom is -0.338 e. The van der Waals surface area contributed by atoms with E-state index in [1.54, 1.807) is 36.8 Å². The zero-order valence-corrected chi connectivity index (χ0v) is 15.7. The zero-order valence-electron chi connectivity index (χ0n) is 15.7. The number of hydrogen-bond acceptors (Lipinski definition) is 5. The van der Waals surface area contributed by atoms with Crippen LogP contribution < -0.4 is 0 Å². The van der Waals surface area contributed by atoms with Crippen molar-refractivity contribution in [2.45, 2.75) is 25.3 Å². The molecule has 2 aromatic heterocycles. The summed E-state index contributed by atoms with van der Waals surface area (Å²) in [6.45, 7) is 1.97. The summed E-state index contributed by atoms with van der Waals surface area (Å²) >= 11 is 0. The van der Waals surface area contributed by atoms with Crippen molar-refractivity contribution >= 4 is 5.91 Å². The second-order valence-electron chi connectivity index (χ2n) is 7.05. The number of piperidine rings is 1. The average Bonchev–Trinajstić information content (AvgIpc) is 3.38. The molecular weight excluding hydrogens is 354 g/mol. The van der Waals surface area contributed by atoms with Gasteiger partial charge in [-0.1, -0.05) is 0 Å². The van der Waals surface area contributed by atoms with Crippen LogP contribution in [0.5, 0.6) is 0 Å². The molecule has 1 unspecified atom stereocenters. The number of benzene rings is 1. The molecule has 142 valence electrons. The number of rotatable bonds is 4. The van der Waals surface area contributed by atoms with Gasteiger partial charge >= 0.3 is 0 Å². The summed E-state index contributed by atoms with van der Waals surface area (Å²) in [4.78, 5) is 18.8. The summed E-state index contributed by atoms with van der Waals surface area (Å²) in [7, 11) is 1.98. The van der Waals surface area contributed by atoms with Crippen molar-refractivity contribution in [2.75, 3.05) is 13.1 Å². The maximum atomic E-state index is 12.9. The molecule has 1 fully saturated rings. The fraction of sp³-hybridized carbons (Fsp3) is 0.350. The topological polar surface area (TPSA) is 92.6 Å². The maximum absolute atomic E-state index is 12.9. The molecule has 0 N–H and O–H groups in total. The second kappa shape index (κ2) is 7.64. The number of imidazole rings is 1. The fourth-order valence-corrected chi connectivity index (χ4v) is 3.65. The molecule has 1 aliphatic heterocycles. The van der Waals surface area contributed by atoms with Crippen molar-refractivity contribution in [1.29, 1.82) is 5.26 Å². The third kappa shape index (κ3) is 3.51. The van der Waals surface area contributed by atoms with E-state index in [1.165, 1.54) is 0 Å². The van der Waals surface area contributed by atoms with Crippen LogP contribution in [0, 0.1) is 11.3 Å². The Kier molecular flexibility index (Phi) is 4.89. The number of hydrogen-bond donors (Lipinski definition) is 0. The van der Waals surface area contributed by atoms with Crippen LogP contribution in [0.15, 0.2) is 43.0 Å². The van der Waals surface area contributed by atoms with Crippen LogP contribution >= 0.6 is 0 Å². The van der Waals surface area contributed by atoms with Gasteiger partial charge in [-0.3, -0.25) is 4.79 Å². The van der Waals surface area contributed by atoms with Crippen molar-refractivity contribution in [3.8, 4) is 6.07 Å². The predicted octanol–water partition coefficient (Wildman–Crippen LogP) is 1.95. The van der Waals surface area contributed by atoms with Gasteiger partial charge in [0.1, 0.15) is 5.82 Å². The van der Waals surface area contributed by atoms with E-state index in [9.17, 15) is 4.79 Å². The third-order valence-electron chi connectivity index (χ3n) is 5.22. The highest BCUT2D eigenvalue weighted by Gasteiger charge is 2.29. The Morgan fingerprint density at radius 1 is 1.29 bits per heavy atom. The summed E-state index contributed by atoms with van der Waals surface area (Å²) in [6.07, 6.45) is 7.30. The number of carbonyl (C=O) groups excluding carboxylic acids is 1. The quantitative estimate of drug-likeness (QED) is 0.695. The van der Waals surface area contributed by atoms with Gasteiger partial charge in [0.15, 0.2) is 5.82 Å².